The predicted molar refractivity (Wildman–Crippen MR) is 102 cm³/mol. The first-order chi connectivity index (χ1) is 13.8. The second-order valence-electron chi connectivity index (χ2n) is 7.39. The molecule has 3 aliphatic rings. The first-order valence-corrected chi connectivity index (χ1v) is 9.35. The van der Waals surface area contributed by atoms with E-state index < -0.39 is 23.6 Å². The molecule has 1 unspecified atom stereocenters. The average molecular weight is 409 g/mol. The summed E-state index contributed by atoms with van der Waals surface area (Å²) in [6.45, 7) is 2.52. The molecule has 3 aliphatic heterocycles. The zero-order chi connectivity index (χ0) is 20.6. The number of halogens is 3. The van der Waals surface area contributed by atoms with Gasteiger partial charge in [-0.2, -0.15) is 13.2 Å². The third-order valence-corrected chi connectivity index (χ3v) is 5.18. The Morgan fingerprint density at radius 3 is 2.86 bits per heavy atom. The van der Waals surface area contributed by atoms with Crippen molar-refractivity contribution in [2.24, 2.45) is 4.99 Å². The summed E-state index contributed by atoms with van der Waals surface area (Å²) in [6.07, 6.45) is 4.10. The van der Waals surface area contributed by atoms with Crippen LogP contribution in [0, 0.1) is 0 Å². The smallest absolute Gasteiger partial charge is 0.375 e. The summed E-state index contributed by atoms with van der Waals surface area (Å²) in [5.41, 5.74) is -2.53. The van der Waals surface area contributed by atoms with Crippen molar-refractivity contribution in [1.82, 2.24) is 25.5 Å². The van der Waals surface area contributed by atoms with E-state index in [1.54, 1.807) is 23.5 Å². The molecule has 4 rings (SSSR count). The molecule has 1 aromatic heterocycles. The van der Waals surface area contributed by atoms with Gasteiger partial charge in [0, 0.05) is 31.2 Å². The van der Waals surface area contributed by atoms with Gasteiger partial charge in [-0.25, -0.2) is 4.98 Å². The number of piperidine rings is 1. The number of hydrogen-bond acceptors (Lipinski definition) is 8. The minimum Gasteiger partial charge on any atom is -0.375 e. The zero-order valence-corrected chi connectivity index (χ0v) is 15.7. The molecule has 1 saturated heterocycles. The number of anilines is 1. The molecular weight excluding hydrogens is 387 g/mol. The summed E-state index contributed by atoms with van der Waals surface area (Å²) in [7, 11) is 0. The number of fused-ring (bicyclic) bond motifs is 1. The van der Waals surface area contributed by atoms with Crippen molar-refractivity contribution >= 4 is 17.7 Å². The van der Waals surface area contributed by atoms with E-state index in [-0.39, 0.29) is 6.04 Å². The molecule has 0 aliphatic carbocycles. The Morgan fingerprint density at radius 1 is 1.31 bits per heavy atom. The highest BCUT2D eigenvalue weighted by Crippen LogP contribution is 2.39. The fourth-order valence-electron chi connectivity index (χ4n) is 3.40. The summed E-state index contributed by atoms with van der Waals surface area (Å²) in [5.74, 6) is 0.595. The fourth-order valence-corrected chi connectivity index (χ4v) is 3.40. The maximum Gasteiger partial charge on any atom is 0.422 e. The maximum atomic E-state index is 13.2. The molecule has 1 fully saturated rings. The van der Waals surface area contributed by atoms with Crippen LogP contribution >= 0.6 is 0 Å². The molecule has 4 N–H and O–H groups in total. The van der Waals surface area contributed by atoms with Crippen molar-refractivity contribution in [3.8, 4) is 0 Å². The van der Waals surface area contributed by atoms with Gasteiger partial charge in [-0.05, 0) is 26.3 Å². The predicted octanol–water partition coefficient (Wildman–Crippen LogP) is 1.41. The first-order valence-electron chi connectivity index (χ1n) is 9.35. The van der Waals surface area contributed by atoms with Crippen LogP contribution in [0.1, 0.15) is 25.5 Å². The monoisotopic (exact) mass is 409 g/mol. The van der Waals surface area contributed by atoms with Crippen LogP contribution in [-0.2, 0) is 0 Å². The van der Waals surface area contributed by atoms with Gasteiger partial charge in [0.1, 0.15) is 17.7 Å². The molecular formula is C18H22F3N7O. The molecule has 0 spiro atoms. The minimum atomic E-state index is -4.85. The number of nitrogens with one attached hydrogen (secondary N) is 3. The van der Waals surface area contributed by atoms with Gasteiger partial charge in [0.2, 0.25) is 5.60 Å². The molecule has 0 aromatic carbocycles. The normalized spacial score (nSPS) is 26.2. The first kappa shape index (κ1) is 19.6. The molecule has 156 valence electrons. The van der Waals surface area contributed by atoms with Gasteiger partial charge >= 0.3 is 6.18 Å². The van der Waals surface area contributed by atoms with Crippen molar-refractivity contribution in [3.63, 3.8) is 0 Å². The Bertz CT molecular complexity index is 859. The van der Waals surface area contributed by atoms with Gasteiger partial charge in [0.25, 0.3) is 0 Å². The number of alkyl halides is 3. The van der Waals surface area contributed by atoms with Crippen molar-refractivity contribution in [3.05, 3.63) is 36.2 Å². The fraction of sp³-hybridized carbons (Fsp3) is 0.500. The summed E-state index contributed by atoms with van der Waals surface area (Å²) in [4.78, 5) is 14.1. The number of hydrogen-bond donors (Lipinski definition) is 4. The second kappa shape index (κ2) is 7.30. The van der Waals surface area contributed by atoms with Crippen molar-refractivity contribution in [2.45, 2.75) is 43.8 Å². The summed E-state index contributed by atoms with van der Waals surface area (Å²) >= 11 is 0. The Labute approximate surface area is 165 Å². The molecule has 29 heavy (non-hydrogen) atoms. The van der Waals surface area contributed by atoms with Crippen LogP contribution in [-0.4, -0.2) is 63.3 Å². The van der Waals surface area contributed by atoms with Gasteiger partial charge in [0.05, 0.1) is 23.8 Å². The van der Waals surface area contributed by atoms with Gasteiger partial charge in [-0.1, -0.05) is 0 Å². The highest BCUT2D eigenvalue weighted by Gasteiger charge is 2.54. The third-order valence-electron chi connectivity index (χ3n) is 5.18. The van der Waals surface area contributed by atoms with E-state index in [9.17, 15) is 18.3 Å². The van der Waals surface area contributed by atoms with Crippen molar-refractivity contribution < 1.29 is 18.3 Å². The molecule has 0 bridgehead atoms. The Morgan fingerprint density at radius 2 is 2.14 bits per heavy atom. The lowest BCUT2D eigenvalue weighted by atomic mass is 10.0. The van der Waals surface area contributed by atoms with Gasteiger partial charge in [-0.3, -0.25) is 9.98 Å². The lowest BCUT2D eigenvalue weighted by molar-refractivity contribution is -0.237. The van der Waals surface area contributed by atoms with E-state index in [4.69, 9.17) is 0 Å². The highest BCUT2D eigenvalue weighted by molar-refractivity contribution is 5.76. The molecule has 3 atom stereocenters. The number of aliphatic hydroxyl groups is 1. The van der Waals surface area contributed by atoms with Crippen LogP contribution in [0.3, 0.4) is 0 Å². The molecule has 11 heteroatoms. The summed E-state index contributed by atoms with van der Waals surface area (Å²) in [5, 5.41) is 19.6. The Balaban J connectivity index is 1.57. The maximum absolute atomic E-state index is 13.2. The van der Waals surface area contributed by atoms with Crippen molar-refractivity contribution in [2.75, 3.05) is 18.4 Å². The number of aromatic nitrogens is 2. The topological polar surface area (TPSA) is 97.7 Å². The number of nitrogens with zero attached hydrogens (tertiary/aromatic N) is 4. The van der Waals surface area contributed by atoms with Gasteiger partial charge < -0.3 is 26.0 Å². The third kappa shape index (κ3) is 3.79. The zero-order valence-electron chi connectivity index (χ0n) is 15.7. The molecule has 0 saturated carbocycles. The van der Waals surface area contributed by atoms with E-state index in [0.717, 1.165) is 25.9 Å². The molecule has 8 nitrogen and oxygen atoms in total. The largest absolute Gasteiger partial charge is 0.422 e. The lowest BCUT2D eigenvalue weighted by Gasteiger charge is -2.32. The molecule has 0 radical (unpaired) electrons. The number of aliphatic imine (C=N–C) groups is 1. The van der Waals surface area contributed by atoms with Crippen LogP contribution in [0.2, 0.25) is 0 Å². The lowest BCUT2D eigenvalue weighted by Crippen LogP contribution is -2.46. The van der Waals surface area contributed by atoms with E-state index in [0.29, 0.717) is 24.1 Å². The van der Waals surface area contributed by atoms with Crippen LogP contribution in [0.5, 0.6) is 0 Å². The Kier molecular flexibility index (Phi) is 4.95. The van der Waals surface area contributed by atoms with Crippen LogP contribution in [0.4, 0.5) is 19.0 Å². The van der Waals surface area contributed by atoms with Gasteiger partial charge in [-0.15, -0.1) is 0 Å². The average Bonchev–Trinajstić information content (AvgIpc) is 3.11. The standard InChI is InChI=1S/C18H22F3N7O/c1-17(29,18(19,20)21)14-10-28-13(7-25-16(28)9-24-14)12-6-23-8-15(27-12)26-11-3-2-4-22-5-11/h6-11,16,22,25,29H,2-5H2,1H3,(H,26,27)/t11-,16?,17+/m1/s1. The second-order valence-corrected chi connectivity index (χ2v) is 7.39. The van der Waals surface area contributed by atoms with Crippen molar-refractivity contribution in [1.29, 1.82) is 0 Å². The highest BCUT2D eigenvalue weighted by atomic mass is 19.4. The van der Waals surface area contributed by atoms with E-state index >= 15 is 0 Å². The van der Waals surface area contributed by atoms with Crippen LogP contribution < -0.4 is 16.0 Å². The molecule has 4 heterocycles. The van der Waals surface area contributed by atoms with E-state index in [1.807, 2.05) is 0 Å². The number of rotatable bonds is 4. The quantitative estimate of drug-likeness (QED) is 0.597. The SMILES string of the molecule is C[C@](O)(C1=CN2C(c3cncc(N[C@@H]4CCCNC4)n3)=CNC2C=N1)C(F)(F)F. The molecule has 1 aromatic rings. The van der Waals surface area contributed by atoms with Gasteiger partial charge in [0.15, 0.2) is 0 Å². The molecule has 0 amide bonds. The minimum absolute atomic E-state index is 0.243. The Hall–Kier alpha value is -2.66. The summed E-state index contributed by atoms with van der Waals surface area (Å²) in [6, 6.07) is 0.243. The van der Waals surface area contributed by atoms with Crippen LogP contribution in [0.15, 0.2) is 35.5 Å². The van der Waals surface area contributed by atoms with Crippen LogP contribution in [0.25, 0.3) is 5.70 Å². The van der Waals surface area contributed by atoms with E-state index in [1.165, 1.54) is 12.4 Å². The van der Waals surface area contributed by atoms with E-state index in [2.05, 4.69) is 30.9 Å². The summed E-state index contributed by atoms with van der Waals surface area (Å²) < 4.78 is 39.6.